The minimum atomic E-state index is -3.77. The minimum Gasteiger partial charge on any atom is -0.507 e. The molecule has 2 N–H and O–H groups in total. The zero-order valence-corrected chi connectivity index (χ0v) is 12.9. The van der Waals surface area contributed by atoms with Crippen LogP contribution in [0.5, 0.6) is 5.75 Å². The smallest absolute Gasteiger partial charge is 0.244 e. The van der Waals surface area contributed by atoms with E-state index in [1.165, 1.54) is 12.1 Å². The van der Waals surface area contributed by atoms with E-state index in [9.17, 15) is 13.5 Å². The number of hydrogen-bond donors (Lipinski definition) is 2. The number of para-hydroxylation sites is 1. The quantitative estimate of drug-likeness (QED) is 0.880. The monoisotopic (exact) mass is 310 g/mol. The Labute approximate surface area is 123 Å². The first-order chi connectivity index (χ1) is 9.81. The van der Waals surface area contributed by atoms with Crippen LogP contribution in [0.2, 0.25) is 0 Å². The fourth-order valence-corrected chi connectivity index (χ4v) is 3.50. The molecule has 114 valence electrons. The predicted molar refractivity (Wildman–Crippen MR) is 77.6 cm³/mol. The number of nitrogens with one attached hydrogen (secondary N) is 1. The van der Waals surface area contributed by atoms with E-state index in [4.69, 9.17) is 4.52 Å². The van der Waals surface area contributed by atoms with Crippen molar-refractivity contribution in [3.63, 3.8) is 0 Å². The van der Waals surface area contributed by atoms with Gasteiger partial charge in [0.05, 0.1) is 5.69 Å². The summed E-state index contributed by atoms with van der Waals surface area (Å²) in [6, 6.07) is 5.48. The van der Waals surface area contributed by atoms with E-state index in [0.29, 0.717) is 12.2 Å². The van der Waals surface area contributed by atoms with Crippen molar-refractivity contribution in [2.75, 3.05) is 0 Å². The van der Waals surface area contributed by atoms with E-state index in [2.05, 4.69) is 9.88 Å². The first-order valence-corrected chi connectivity index (χ1v) is 8.01. The molecule has 2 rings (SSSR count). The fourth-order valence-electron chi connectivity index (χ4n) is 2.15. The van der Waals surface area contributed by atoms with Crippen molar-refractivity contribution in [2.24, 2.45) is 0 Å². The van der Waals surface area contributed by atoms with Crippen LogP contribution >= 0.6 is 0 Å². The van der Waals surface area contributed by atoms with Gasteiger partial charge in [-0.3, -0.25) is 0 Å². The van der Waals surface area contributed by atoms with Gasteiger partial charge in [-0.05, 0) is 39.3 Å². The molecule has 7 heteroatoms. The fraction of sp³-hybridized carbons (Fsp3) is 0.357. The van der Waals surface area contributed by atoms with E-state index in [1.807, 2.05) is 6.92 Å². The number of rotatable bonds is 5. The molecule has 1 atom stereocenters. The number of phenolic OH excluding ortho intramolecular Hbond substituents is 1. The van der Waals surface area contributed by atoms with Crippen molar-refractivity contribution in [3.05, 3.63) is 41.3 Å². The molecule has 21 heavy (non-hydrogen) atoms. The third-order valence-corrected chi connectivity index (χ3v) is 4.84. The van der Waals surface area contributed by atoms with Gasteiger partial charge in [-0.2, -0.15) is 0 Å². The molecule has 1 aromatic carbocycles. The average Bonchev–Trinajstić information content (AvgIpc) is 2.70. The summed E-state index contributed by atoms with van der Waals surface area (Å²) in [4.78, 5) is -0.129. The summed E-state index contributed by atoms with van der Waals surface area (Å²) in [6.07, 6.45) is 0.466. The summed E-state index contributed by atoms with van der Waals surface area (Å²) in [5.41, 5.74) is 1.64. The van der Waals surface area contributed by atoms with Crippen LogP contribution < -0.4 is 4.72 Å². The molecule has 1 heterocycles. The topological polar surface area (TPSA) is 92.4 Å². The number of aryl methyl sites for hydroxylation is 2. The van der Waals surface area contributed by atoms with Gasteiger partial charge in [0.25, 0.3) is 0 Å². The molecule has 6 nitrogen and oxygen atoms in total. The number of hydrogen-bond acceptors (Lipinski definition) is 5. The molecular weight excluding hydrogens is 292 g/mol. The van der Waals surface area contributed by atoms with Gasteiger partial charge in [0.2, 0.25) is 10.0 Å². The molecule has 0 radical (unpaired) electrons. The van der Waals surface area contributed by atoms with Gasteiger partial charge in [0, 0.05) is 11.6 Å². The molecular formula is C14H18N2O4S. The molecule has 0 aliphatic carbocycles. The lowest BCUT2D eigenvalue weighted by Crippen LogP contribution is -2.34. The minimum absolute atomic E-state index is 0.129. The third-order valence-electron chi connectivity index (χ3n) is 3.20. The van der Waals surface area contributed by atoms with Gasteiger partial charge in [0.1, 0.15) is 16.4 Å². The summed E-state index contributed by atoms with van der Waals surface area (Å²) in [5, 5.41) is 13.5. The second-order valence-electron chi connectivity index (χ2n) is 5.00. The molecule has 0 spiro atoms. The van der Waals surface area contributed by atoms with Gasteiger partial charge >= 0.3 is 0 Å². The highest BCUT2D eigenvalue weighted by Crippen LogP contribution is 2.22. The highest BCUT2D eigenvalue weighted by Gasteiger charge is 2.22. The van der Waals surface area contributed by atoms with Crippen molar-refractivity contribution in [3.8, 4) is 5.75 Å². The normalized spacial score (nSPS) is 13.3. The standard InChI is InChI=1S/C14H18N2O4S/c1-9(8-12-10(2)15-20-11(12)3)16-21(18,19)14-7-5-4-6-13(14)17/h4-7,9,16-17H,8H2,1-3H3. The van der Waals surface area contributed by atoms with Crippen LogP contribution in [0.4, 0.5) is 0 Å². The van der Waals surface area contributed by atoms with Crippen LogP contribution in [0.3, 0.4) is 0 Å². The molecule has 0 amide bonds. The second kappa shape index (κ2) is 5.87. The SMILES string of the molecule is Cc1noc(C)c1CC(C)NS(=O)(=O)c1ccccc1O. The molecule has 0 bridgehead atoms. The maximum atomic E-state index is 12.3. The number of benzene rings is 1. The Kier molecular flexibility index (Phi) is 4.34. The summed E-state index contributed by atoms with van der Waals surface area (Å²) in [6.45, 7) is 5.36. The van der Waals surface area contributed by atoms with Gasteiger partial charge in [-0.1, -0.05) is 17.3 Å². The first-order valence-electron chi connectivity index (χ1n) is 6.53. The first kappa shape index (κ1) is 15.5. The number of aromatic nitrogens is 1. The van der Waals surface area contributed by atoms with Gasteiger partial charge < -0.3 is 9.63 Å². The second-order valence-corrected chi connectivity index (χ2v) is 6.68. The highest BCUT2D eigenvalue weighted by molar-refractivity contribution is 7.89. The lowest BCUT2D eigenvalue weighted by molar-refractivity contribution is 0.392. The van der Waals surface area contributed by atoms with Crippen molar-refractivity contribution < 1.29 is 18.0 Å². The molecule has 0 fully saturated rings. The Bertz CT molecular complexity index is 718. The summed E-state index contributed by atoms with van der Waals surface area (Å²) >= 11 is 0. The van der Waals surface area contributed by atoms with Gasteiger partial charge in [-0.15, -0.1) is 0 Å². The van der Waals surface area contributed by atoms with E-state index in [1.54, 1.807) is 26.0 Å². The maximum Gasteiger partial charge on any atom is 0.244 e. The van der Waals surface area contributed by atoms with Crippen LogP contribution in [0.15, 0.2) is 33.7 Å². The third kappa shape index (κ3) is 3.43. The largest absolute Gasteiger partial charge is 0.507 e. The molecule has 0 saturated heterocycles. The zero-order chi connectivity index (χ0) is 15.6. The number of sulfonamides is 1. The van der Waals surface area contributed by atoms with Crippen LogP contribution in [0.25, 0.3) is 0 Å². The van der Waals surface area contributed by atoms with E-state index in [0.717, 1.165) is 11.3 Å². The highest BCUT2D eigenvalue weighted by atomic mass is 32.2. The summed E-state index contributed by atoms with van der Waals surface area (Å²) in [5.74, 6) is 0.413. The predicted octanol–water partition coefficient (Wildman–Crippen LogP) is 1.91. The molecule has 2 aromatic rings. The Balaban J connectivity index is 2.16. The Morgan fingerprint density at radius 1 is 1.33 bits per heavy atom. The van der Waals surface area contributed by atoms with E-state index in [-0.39, 0.29) is 16.7 Å². The average molecular weight is 310 g/mol. The number of phenols is 1. The zero-order valence-electron chi connectivity index (χ0n) is 12.1. The van der Waals surface area contributed by atoms with Crippen molar-refractivity contribution in [1.82, 2.24) is 9.88 Å². The summed E-state index contributed by atoms with van der Waals surface area (Å²) < 4.78 is 32.1. The molecule has 0 saturated carbocycles. The van der Waals surface area contributed by atoms with Crippen LogP contribution in [0, 0.1) is 13.8 Å². The van der Waals surface area contributed by atoms with Crippen LogP contribution in [0.1, 0.15) is 23.9 Å². The van der Waals surface area contributed by atoms with Gasteiger partial charge in [0.15, 0.2) is 0 Å². The molecule has 0 aliphatic rings. The summed E-state index contributed by atoms with van der Waals surface area (Å²) in [7, 11) is -3.77. The van der Waals surface area contributed by atoms with Gasteiger partial charge in [-0.25, -0.2) is 13.1 Å². The molecule has 1 unspecified atom stereocenters. The lowest BCUT2D eigenvalue weighted by atomic mass is 10.1. The lowest BCUT2D eigenvalue weighted by Gasteiger charge is -2.14. The van der Waals surface area contributed by atoms with Crippen molar-refractivity contribution in [2.45, 2.75) is 38.1 Å². The van der Waals surface area contributed by atoms with E-state index < -0.39 is 10.0 Å². The molecule has 0 aliphatic heterocycles. The molecule has 1 aromatic heterocycles. The van der Waals surface area contributed by atoms with E-state index >= 15 is 0 Å². The number of nitrogens with zero attached hydrogens (tertiary/aromatic N) is 1. The Hall–Kier alpha value is -1.86. The van der Waals surface area contributed by atoms with Crippen molar-refractivity contribution >= 4 is 10.0 Å². The van der Waals surface area contributed by atoms with Crippen molar-refractivity contribution in [1.29, 1.82) is 0 Å². The maximum absolute atomic E-state index is 12.3. The Morgan fingerprint density at radius 3 is 2.57 bits per heavy atom. The number of aromatic hydroxyl groups is 1. The van der Waals surface area contributed by atoms with Crippen LogP contribution in [-0.4, -0.2) is 24.7 Å². The van der Waals surface area contributed by atoms with Crippen LogP contribution in [-0.2, 0) is 16.4 Å². The Morgan fingerprint density at radius 2 is 2.00 bits per heavy atom.